The molecule has 3 heteroatoms. The summed E-state index contributed by atoms with van der Waals surface area (Å²) < 4.78 is 0.789. The molecule has 1 atom stereocenters. The normalized spacial score (nSPS) is 20.5. The second-order valence-electron chi connectivity index (χ2n) is 4.09. The van der Waals surface area contributed by atoms with Crippen molar-refractivity contribution in [3.63, 3.8) is 0 Å². The molecule has 15 heavy (non-hydrogen) atoms. The highest BCUT2D eigenvalue weighted by Crippen LogP contribution is 2.28. The highest BCUT2D eigenvalue weighted by Gasteiger charge is 2.17. The zero-order valence-electron chi connectivity index (χ0n) is 8.81. The van der Waals surface area contributed by atoms with Gasteiger partial charge in [-0.15, -0.1) is 0 Å². The molecular formula is C12H15NO2. The number of allylic oxidation sites excluding steroid dienone is 2. The molecule has 1 aromatic rings. The van der Waals surface area contributed by atoms with Gasteiger partial charge in [0.15, 0.2) is 0 Å². The molecule has 3 nitrogen and oxygen atoms in total. The predicted octanol–water partition coefficient (Wildman–Crippen LogP) is 2.22. The standard InChI is InChI=1S/C12H15NO2/c1-9-7-11(13(15)12(14)8-9)10-5-3-2-4-6-10/h2-3,7-8,10,15H,4-6H2,1H3. The van der Waals surface area contributed by atoms with Gasteiger partial charge in [0.25, 0.3) is 5.56 Å². The van der Waals surface area contributed by atoms with E-state index >= 15 is 0 Å². The topological polar surface area (TPSA) is 42.2 Å². The van der Waals surface area contributed by atoms with Crippen molar-refractivity contribution >= 4 is 0 Å². The summed E-state index contributed by atoms with van der Waals surface area (Å²) in [6.07, 6.45) is 7.18. The molecule has 1 N–H and O–H groups in total. The summed E-state index contributed by atoms with van der Waals surface area (Å²) in [5, 5.41) is 9.65. The van der Waals surface area contributed by atoms with Crippen LogP contribution in [0, 0.1) is 6.92 Å². The van der Waals surface area contributed by atoms with E-state index < -0.39 is 0 Å². The highest BCUT2D eigenvalue weighted by atomic mass is 16.5. The van der Waals surface area contributed by atoms with Gasteiger partial charge in [-0.25, -0.2) is 0 Å². The fourth-order valence-electron chi connectivity index (χ4n) is 2.07. The maximum absolute atomic E-state index is 11.4. The Morgan fingerprint density at radius 2 is 2.20 bits per heavy atom. The third kappa shape index (κ3) is 1.96. The molecule has 0 bridgehead atoms. The molecule has 0 aliphatic heterocycles. The molecule has 1 unspecified atom stereocenters. The van der Waals surface area contributed by atoms with E-state index in [9.17, 15) is 10.0 Å². The van der Waals surface area contributed by atoms with Gasteiger partial charge in [0.2, 0.25) is 0 Å². The number of hydrogen-bond acceptors (Lipinski definition) is 2. The molecule has 1 heterocycles. The van der Waals surface area contributed by atoms with Gasteiger partial charge in [0, 0.05) is 12.0 Å². The minimum atomic E-state index is -0.334. The Hall–Kier alpha value is -1.51. The number of nitrogens with zero attached hydrogens (tertiary/aromatic N) is 1. The van der Waals surface area contributed by atoms with Gasteiger partial charge >= 0.3 is 0 Å². The van der Waals surface area contributed by atoms with Crippen molar-refractivity contribution in [1.29, 1.82) is 0 Å². The first kappa shape index (κ1) is 10.0. The molecule has 0 fully saturated rings. The Bertz CT molecular complexity index is 445. The van der Waals surface area contributed by atoms with Crippen molar-refractivity contribution in [3.05, 3.63) is 45.9 Å². The van der Waals surface area contributed by atoms with Crippen molar-refractivity contribution in [2.75, 3.05) is 0 Å². The second kappa shape index (κ2) is 3.93. The molecule has 0 saturated heterocycles. The number of hydrogen-bond donors (Lipinski definition) is 1. The van der Waals surface area contributed by atoms with Gasteiger partial charge in [0.05, 0.1) is 5.69 Å². The first-order valence-corrected chi connectivity index (χ1v) is 5.26. The van der Waals surface area contributed by atoms with E-state index in [0.717, 1.165) is 35.3 Å². The lowest BCUT2D eigenvalue weighted by Gasteiger charge is -2.19. The zero-order chi connectivity index (χ0) is 10.8. The van der Waals surface area contributed by atoms with E-state index in [2.05, 4.69) is 12.2 Å². The zero-order valence-corrected chi connectivity index (χ0v) is 8.81. The van der Waals surface area contributed by atoms with Crippen LogP contribution in [0.2, 0.25) is 0 Å². The minimum absolute atomic E-state index is 0.271. The van der Waals surface area contributed by atoms with Crippen LogP contribution in [0.25, 0.3) is 0 Å². The summed E-state index contributed by atoms with van der Waals surface area (Å²) in [5.41, 5.74) is 1.32. The van der Waals surface area contributed by atoms with Crippen LogP contribution in [0.4, 0.5) is 0 Å². The molecular weight excluding hydrogens is 190 g/mol. The highest BCUT2D eigenvalue weighted by molar-refractivity contribution is 5.20. The Balaban J connectivity index is 2.42. The lowest BCUT2D eigenvalue weighted by atomic mass is 9.90. The quantitative estimate of drug-likeness (QED) is 0.564. The van der Waals surface area contributed by atoms with Crippen LogP contribution in [-0.2, 0) is 0 Å². The average Bonchev–Trinajstić information content (AvgIpc) is 2.24. The van der Waals surface area contributed by atoms with Crippen molar-refractivity contribution in [2.24, 2.45) is 0 Å². The van der Waals surface area contributed by atoms with Crippen LogP contribution in [0.5, 0.6) is 0 Å². The number of aromatic nitrogens is 1. The van der Waals surface area contributed by atoms with Crippen molar-refractivity contribution < 1.29 is 5.21 Å². The van der Waals surface area contributed by atoms with Gasteiger partial charge in [0.1, 0.15) is 0 Å². The molecule has 1 aromatic heterocycles. The Labute approximate surface area is 88.6 Å². The van der Waals surface area contributed by atoms with Crippen LogP contribution in [0.1, 0.15) is 36.4 Å². The molecule has 0 aromatic carbocycles. The molecule has 80 valence electrons. The van der Waals surface area contributed by atoms with E-state index in [1.54, 1.807) is 0 Å². The van der Waals surface area contributed by atoms with Crippen molar-refractivity contribution in [1.82, 2.24) is 4.73 Å². The Morgan fingerprint density at radius 1 is 1.40 bits per heavy atom. The molecule has 0 spiro atoms. The van der Waals surface area contributed by atoms with Crippen LogP contribution in [-0.4, -0.2) is 9.94 Å². The number of rotatable bonds is 1. The lowest BCUT2D eigenvalue weighted by Crippen LogP contribution is -2.23. The van der Waals surface area contributed by atoms with Gasteiger partial charge in [-0.2, -0.15) is 4.73 Å². The van der Waals surface area contributed by atoms with Crippen molar-refractivity contribution in [3.8, 4) is 0 Å². The summed E-state index contributed by atoms with van der Waals surface area (Å²) in [4.78, 5) is 11.4. The summed E-state index contributed by atoms with van der Waals surface area (Å²) in [6, 6.07) is 3.34. The van der Waals surface area contributed by atoms with Crippen LogP contribution in [0.3, 0.4) is 0 Å². The molecule has 1 aliphatic carbocycles. The van der Waals surface area contributed by atoms with Crippen LogP contribution in [0.15, 0.2) is 29.1 Å². The maximum Gasteiger partial charge on any atom is 0.283 e. The van der Waals surface area contributed by atoms with Crippen LogP contribution >= 0.6 is 0 Å². The first-order chi connectivity index (χ1) is 7.18. The predicted molar refractivity (Wildman–Crippen MR) is 58.4 cm³/mol. The summed E-state index contributed by atoms with van der Waals surface area (Å²) in [6.45, 7) is 1.88. The maximum atomic E-state index is 11.4. The average molecular weight is 205 g/mol. The smallest absolute Gasteiger partial charge is 0.283 e. The van der Waals surface area contributed by atoms with Crippen LogP contribution < -0.4 is 5.56 Å². The van der Waals surface area contributed by atoms with E-state index in [-0.39, 0.29) is 11.5 Å². The third-order valence-corrected chi connectivity index (χ3v) is 2.87. The molecule has 1 aliphatic rings. The van der Waals surface area contributed by atoms with Crippen molar-refractivity contribution in [2.45, 2.75) is 32.1 Å². The van der Waals surface area contributed by atoms with E-state index in [0.29, 0.717) is 0 Å². The molecule has 0 amide bonds. The molecule has 0 radical (unpaired) electrons. The summed E-state index contributed by atoms with van der Waals surface area (Å²) in [5.74, 6) is 0.271. The molecule has 2 rings (SSSR count). The lowest BCUT2D eigenvalue weighted by molar-refractivity contribution is 0.159. The fraction of sp³-hybridized carbons (Fsp3) is 0.417. The molecule has 0 saturated carbocycles. The van der Waals surface area contributed by atoms with Gasteiger partial charge in [-0.3, -0.25) is 4.79 Å². The van der Waals surface area contributed by atoms with Gasteiger partial charge in [-0.1, -0.05) is 12.2 Å². The Morgan fingerprint density at radius 3 is 2.87 bits per heavy atom. The SMILES string of the molecule is Cc1cc(C2CC=CCC2)n(O)c(=O)c1. The Kier molecular flexibility index (Phi) is 2.62. The second-order valence-corrected chi connectivity index (χ2v) is 4.09. The first-order valence-electron chi connectivity index (χ1n) is 5.26. The minimum Gasteiger partial charge on any atom is -0.425 e. The van der Waals surface area contributed by atoms with Gasteiger partial charge < -0.3 is 5.21 Å². The number of pyridine rings is 1. The third-order valence-electron chi connectivity index (χ3n) is 2.87. The number of aryl methyl sites for hydroxylation is 1. The monoisotopic (exact) mass is 205 g/mol. The van der Waals surface area contributed by atoms with E-state index in [1.807, 2.05) is 13.0 Å². The van der Waals surface area contributed by atoms with E-state index in [4.69, 9.17) is 0 Å². The fourth-order valence-corrected chi connectivity index (χ4v) is 2.07. The summed E-state index contributed by atoms with van der Waals surface area (Å²) in [7, 11) is 0. The largest absolute Gasteiger partial charge is 0.425 e. The van der Waals surface area contributed by atoms with E-state index in [1.165, 1.54) is 6.07 Å². The van der Waals surface area contributed by atoms with Gasteiger partial charge in [-0.05, 0) is 37.8 Å². The summed E-state index contributed by atoms with van der Waals surface area (Å²) >= 11 is 0.